The first kappa shape index (κ1) is 16.0. The van der Waals surface area contributed by atoms with Gasteiger partial charge >= 0.3 is 0 Å². The van der Waals surface area contributed by atoms with Gasteiger partial charge in [0.05, 0.1) is 5.69 Å². The minimum atomic E-state index is 0.0714. The van der Waals surface area contributed by atoms with Crippen LogP contribution in [0.3, 0.4) is 0 Å². The molecule has 0 atom stereocenters. The van der Waals surface area contributed by atoms with Gasteiger partial charge in [0, 0.05) is 31.8 Å². The number of benzene rings is 2. The fraction of sp³-hybridized carbons (Fsp3) is 0.200. The summed E-state index contributed by atoms with van der Waals surface area (Å²) in [6.45, 7) is 0.536. The Morgan fingerprint density at radius 1 is 1.04 bits per heavy atom. The number of nitrogens with one attached hydrogen (secondary N) is 1. The molecule has 0 bridgehead atoms. The fourth-order valence-electron chi connectivity index (χ4n) is 2.60. The molecule has 0 spiro atoms. The van der Waals surface area contributed by atoms with Gasteiger partial charge in [0.1, 0.15) is 0 Å². The third-order valence-corrected chi connectivity index (χ3v) is 3.91. The topological polar surface area (TPSA) is 46.9 Å². The van der Waals surface area contributed by atoms with Crippen molar-refractivity contribution in [2.45, 2.75) is 19.4 Å². The molecule has 0 saturated heterocycles. The van der Waals surface area contributed by atoms with E-state index in [0.29, 0.717) is 13.0 Å². The molecular weight excluding hydrogens is 298 g/mol. The van der Waals surface area contributed by atoms with Gasteiger partial charge in [-0.3, -0.25) is 9.48 Å². The monoisotopic (exact) mass is 319 g/mol. The summed E-state index contributed by atoms with van der Waals surface area (Å²) < 4.78 is 1.79. The Bertz CT molecular complexity index is 809. The number of hydrogen-bond acceptors (Lipinski definition) is 2. The average molecular weight is 319 g/mol. The highest BCUT2D eigenvalue weighted by Gasteiger charge is 2.05. The lowest BCUT2D eigenvalue weighted by Gasteiger charge is -2.07. The van der Waals surface area contributed by atoms with E-state index < -0.39 is 0 Å². The molecule has 0 aliphatic heterocycles. The predicted molar refractivity (Wildman–Crippen MR) is 95.3 cm³/mol. The van der Waals surface area contributed by atoms with Crippen LogP contribution in [0.2, 0.25) is 0 Å². The van der Waals surface area contributed by atoms with Gasteiger partial charge in [0.15, 0.2) is 0 Å². The van der Waals surface area contributed by atoms with E-state index in [-0.39, 0.29) is 5.91 Å². The van der Waals surface area contributed by atoms with Gasteiger partial charge in [-0.2, -0.15) is 5.10 Å². The molecule has 0 aliphatic rings. The molecule has 1 amide bonds. The summed E-state index contributed by atoms with van der Waals surface area (Å²) >= 11 is 0. The molecule has 0 radical (unpaired) electrons. The van der Waals surface area contributed by atoms with Crippen LogP contribution in [0.1, 0.15) is 17.5 Å². The van der Waals surface area contributed by atoms with E-state index in [9.17, 15) is 4.79 Å². The number of amides is 1. The number of hydrogen-bond donors (Lipinski definition) is 1. The second-order valence-electron chi connectivity index (χ2n) is 5.84. The smallest absolute Gasteiger partial charge is 0.220 e. The lowest BCUT2D eigenvalue weighted by molar-refractivity contribution is -0.121. The molecule has 1 heterocycles. The second-order valence-corrected chi connectivity index (χ2v) is 5.84. The van der Waals surface area contributed by atoms with Crippen LogP contribution >= 0.6 is 0 Å². The number of nitrogens with zero attached hydrogens (tertiary/aromatic N) is 2. The lowest BCUT2D eigenvalue weighted by atomic mass is 10.1. The van der Waals surface area contributed by atoms with Crippen molar-refractivity contribution in [1.82, 2.24) is 15.1 Å². The van der Waals surface area contributed by atoms with Gasteiger partial charge in [-0.1, -0.05) is 48.5 Å². The highest BCUT2D eigenvalue weighted by Crippen LogP contribution is 2.18. The SMILES string of the molecule is Cn1ccc(-c2cccc(CNC(=O)CCc3ccccc3)c2)n1. The highest BCUT2D eigenvalue weighted by molar-refractivity contribution is 5.76. The van der Waals surface area contributed by atoms with Crippen molar-refractivity contribution >= 4 is 5.91 Å². The predicted octanol–water partition coefficient (Wildman–Crippen LogP) is 3.34. The van der Waals surface area contributed by atoms with Gasteiger partial charge in [-0.15, -0.1) is 0 Å². The summed E-state index contributed by atoms with van der Waals surface area (Å²) in [5.41, 5.74) is 4.26. The van der Waals surface area contributed by atoms with E-state index in [1.165, 1.54) is 5.56 Å². The molecule has 0 saturated carbocycles. The number of rotatable bonds is 6. The van der Waals surface area contributed by atoms with E-state index in [2.05, 4.69) is 16.5 Å². The summed E-state index contributed by atoms with van der Waals surface area (Å²) in [4.78, 5) is 12.0. The Morgan fingerprint density at radius 2 is 1.83 bits per heavy atom. The Morgan fingerprint density at radius 3 is 2.58 bits per heavy atom. The van der Waals surface area contributed by atoms with Crippen molar-refractivity contribution in [3.63, 3.8) is 0 Å². The molecule has 3 aromatic rings. The van der Waals surface area contributed by atoms with E-state index in [1.807, 2.05) is 67.8 Å². The van der Waals surface area contributed by atoms with Crippen LogP contribution in [0.25, 0.3) is 11.3 Å². The molecule has 0 aliphatic carbocycles. The van der Waals surface area contributed by atoms with E-state index in [4.69, 9.17) is 0 Å². The van der Waals surface area contributed by atoms with Crippen LogP contribution in [0, 0.1) is 0 Å². The van der Waals surface area contributed by atoms with Crippen molar-refractivity contribution in [1.29, 1.82) is 0 Å². The molecule has 24 heavy (non-hydrogen) atoms. The zero-order valence-corrected chi connectivity index (χ0v) is 13.8. The minimum absolute atomic E-state index is 0.0714. The first-order chi connectivity index (χ1) is 11.7. The summed E-state index contributed by atoms with van der Waals surface area (Å²) in [5, 5.41) is 7.40. The van der Waals surface area contributed by atoms with Crippen molar-refractivity contribution in [2.75, 3.05) is 0 Å². The molecule has 3 rings (SSSR count). The second kappa shape index (κ2) is 7.59. The van der Waals surface area contributed by atoms with Crippen LogP contribution < -0.4 is 5.32 Å². The normalized spacial score (nSPS) is 10.5. The molecule has 4 nitrogen and oxygen atoms in total. The Labute approximate surface area is 142 Å². The fourth-order valence-corrected chi connectivity index (χ4v) is 2.60. The third kappa shape index (κ3) is 4.32. The van der Waals surface area contributed by atoms with Crippen LogP contribution in [0.5, 0.6) is 0 Å². The summed E-state index contributed by atoms with van der Waals surface area (Å²) in [6, 6.07) is 20.2. The molecule has 0 unspecified atom stereocenters. The summed E-state index contributed by atoms with van der Waals surface area (Å²) in [5.74, 6) is 0.0714. The molecule has 4 heteroatoms. The average Bonchev–Trinajstić information content (AvgIpc) is 3.06. The molecule has 1 N–H and O–H groups in total. The van der Waals surface area contributed by atoms with Gasteiger partial charge in [0.2, 0.25) is 5.91 Å². The lowest BCUT2D eigenvalue weighted by Crippen LogP contribution is -2.23. The van der Waals surface area contributed by atoms with Crippen molar-refractivity contribution < 1.29 is 4.79 Å². The van der Waals surface area contributed by atoms with Crippen molar-refractivity contribution in [3.05, 3.63) is 78.0 Å². The van der Waals surface area contributed by atoms with Gasteiger partial charge in [-0.25, -0.2) is 0 Å². The Balaban J connectivity index is 1.54. The van der Waals surface area contributed by atoms with E-state index in [0.717, 1.165) is 23.2 Å². The molecule has 0 fully saturated rings. The maximum Gasteiger partial charge on any atom is 0.220 e. The van der Waals surface area contributed by atoms with Crippen molar-refractivity contribution in [3.8, 4) is 11.3 Å². The van der Waals surface area contributed by atoms with Crippen LogP contribution in [0.15, 0.2) is 66.9 Å². The zero-order chi connectivity index (χ0) is 16.8. The molecular formula is C20H21N3O. The van der Waals surface area contributed by atoms with Crippen LogP contribution in [0.4, 0.5) is 0 Å². The highest BCUT2D eigenvalue weighted by atomic mass is 16.1. The Hall–Kier alpha value is -2.88. The number of aromatic nitrogens is 2. The van der Waals surface area contributed by atoms with Gasteiger partial charge < -0.3 is 5.32 Å². The molecule has 122 valence electrons. The molecule has 2 aromatic carbocycles. The zero-order valence-electron chi connectivity index (χ0n) is 13.8. The largest absolute Gasteiger partial charge is 0.352 e. The first-order valence-electron chi connectivity index (χ1n) is 8.10. The van der Waals surface area contributed by atoms with E-state index >= 15 is 0 Å². The summed E-state index contributed by atoms with van der Waals surface area (Å²) in [6.07, 6.45) is 3.19. The first-order valence-corrected chi connectivity index (χ1v) is 8.10. The standard InChI is InChI=1S/C20H21N3O/c1-23-13-12-19(22-23)18-9-5-8-17(14-18)15-21-20(24)11-10-16-6-3-2-4-7-16/h2-9,12-14H,10-11,15H2,1H3,(H,21,24). The maximum atomic E-state index is 12.0. The van der Waals surface area contributed by atoms with Crippen LogP contribution in [-0.4, -0.2) is 15.7 Å². The van der Waals surface area contributed by atoms with Gasteiger partial charge in [-0.05, 0) is 29.7 Å². The molecule has 1 aromatic heterocycles. The van der Waals surface area contributed by atoms with Crippen LogP contribution in [-0.2, 0) is 24.8 Å². The van der Waals surface area contributed by atoms with Crippen molar-refractivity contribution in [2.24, 2.45) is 7.05 Å². The van der Waals surface area contributed by atoms with E-state index in [1.54, 1.807) is 4.68 Å². The van der Waals surface area contributed by atoms with Gasteiger partial charge in [0.25, 0.3) is 0 Å². The quantitative estimate of drug-likeness (QED) is 0.757. The summed E-state index contributed by atoms with van der Waals surface area (Å²) in [7, 11) is 1.90. The number of carbonyl (C=O) groups excluding carboxylic acids is 1. The maximum absolute atomic E-state index is 12.0. The number of aryl methyl sites for hydroxylation is 2. The third-order valence-electron chi connectivity index (χ3n) is 3.91. The minimum Gasteiger partial charge on any atom is -0.352 e. The Kier molecular flexibility index (Phi) is 5.06. The number of carbonyl (C=O) groups is 1.